The molecule has 0 fully saturated rings. The van der Waals surface area contributed by atoms with Crippen LogP contribution >= 0.6 is 0 Å². The molecule has 0 spiro atoms. The summed E-state index contributed by atoms with van der Waals surface area (Å²) < 4.78 is 0. The molecule has 41 nitrogen and oxygen atoms in total. The number of hydrogen-bond donors (Lipinski definition) is 25. The van der Waals surface area contributed by atoms with Crippen LogP contribution in [0.3, 0.4) is 0 Å². The van der Waals surface area contributed by atoms with Crippen molar-refractivity contribution in [3.05, 3.63) is 71.9 Å². The third kappa shape index (κ3) is 32.5. The quantitative estimate of drug-likeness (QED) is 0.0142. The van der Waals surface area contributed by atoms with Crippen LogP contribution in [0.1, 0.15) is 116 Å². The number of hydrogen-bond acceptors (Lipinski definition) is 20. The first-order valence-corrected chi connectivity index (χ1v) is 34.5. The number of aliphatic hydroxyl groups excluding tert-OH is 1. The second-order valence-corrected chi connectivity index (χ2v) is 26.2. The van der Waals surface area contributed by atoms with Gasteiger partial charge < -0.3 is 123 Å². The normalized spacial score (nSPS) is 14.4. The van der Waals surface area contributed by atoms with Gasteiger partial charge in [0.25, 0.3) is 0 Å². The number of nitrogens with two attached hydrogens (primary N) is 5. The Kier molecular flexibility index (Phi) is 37.9. The van der Waals surface area contributed by atoms with E-state index in [9.17, 15) is 92.0 Å². The lowest BCUT2D eigenvalue weighted by Gasteiger charge is -2.29. The summed E-state index contributed by atoms with van der Waals surface area (Å²) in [5, 5.41) is 86.2. The molecule has 3 aromatic rings. The molecule has 0 saturated carbocycles. The standard InChI is InChI=1S/C67H101N21O20/c1-32(2)25-47(65(107)108)86-60(102)45(27-36-30-77-39-16-10-9-15-37(36)39)84-59(101)43(20-22-50(70)91)82-64(106)53(33(3)4)88-62(104)44(26-35-13-7-6-8-14-35)83-61(103)46(29-52(94)95)85-58(100)42(19-21-49(69)90)79-54(96)34(5)78-56(98)40(17-11-23-75-66(71)72)80-57(99)41(18-12-24-76-67(73)74)81-63(105)48(31-89)87-55(97)38(68)28-51(92)93/h6-10,13-16,30,32-34,38,40-48,53,77,89H,11-12,17-29,31,68H2,1-5H3,(H2,69,90)(H2,70,91)(H,78,98)(H,79,96)(H,80,99)(H,81,105)(H,82,106)(H,83,103)(H,84,101)(H,85,100)(H,86,102)(H,87,97)(H,88,104)(H,92,93)(H,94,95)(H,107,108)(H4,71,72,75)(H4,73,74,76)/t34-,38-,40-,41-,42-,43-,44-,45-,46-,47-,48-,53-/m0/s1. The second kappa shape index (κ2) is 45.4. The summed E-state index contributed by atoms with van der Waals surface area (Å²) in [5.74, 6) is -20.6. The highest BCUT2D eigenvalue weighted by Gasteiger charge is 2.38. The number of fused-ring (bicyclic) bond motifs is 1. The van der Waals surface area contributed by atoms with Crippen LogP contribution < -0.4 is 97.8 Å². The Labute approximate surface area is 620 Å². The summed E-state index contributed by atoms with van der Waals surface area (Å²) in [5.41, 5.74) is 28.9. The van der Waals surface area contributed by atoms with Crippen molar-refractivity contribution in [1.82, 2.24) is 74.1 Å². The molecule has 12 atom stereocenters. The predicted octanol–water partition coefficient (Wildman–Crippen LogP) is -6.58. The summed E-state index contributed by atoms with van der Waals surface area (Å²) in [6, 6.07) is -5.11. The third-order valence-electron chi connectivity index (χ3n) is 16.4. The Morgan fingerprint density at radius 1 is 0.444 bits per heavy atom. The molecular weight excluding hydrogens is 1420 g/mol. The zero-order chi connectivity index (χ0) is 81.1. The van der Waals surface area contributed by atoms with Gasteiger partial charge in [-0.2, -0.15) is 0 Å². The first-order chi connectivity index (χ1) is 50.8. The van der Waals surface area contributed by atoms with E-state index in [0.717, 1.165) is 6.92 Å². The van der Waals surface area contributed by atoms with Gasteiger partial charge in [-0.15, -0.1) is 0 Å². The summed E-state index contributed by atoms with van der Waals surface area (Å²) in [4.78, 5) is 218. The fourth-order valence-corrected chi connectivity index (χ4v) is 10.7. The minimum absolute atomic E-state index is 0.00569. The number of primary amides is 2. The molecule has 108 heavy (non-hydrogen) atoms. The van der Waals surface area contributed by atoms with Gasteiger partial charge >= 0.3 is 17.9 Å². The highest BCUT2D eigenvalue weighted by Crippen LogP contribution is 2.20. The number of carbonyl (C=O) groups is 16. The van der Waals surface area contributed by atoms with Gasteiger partial charge in [0.2, 0.25) is 76.8 Å². The van der Waals surface area contributed by atoms with Gasteiger partial charge in [0.05, 0.1) is 25.5 Å². The molecular formula is C67H101N21O20. The maximum absolute atomic E-state index is 14.7. The number of carboxylic acid groups (broad SMARTS) is 3. The van der Waals surface area contributed by atoms with E-state index < -0.39 is 230 Å². The maximum Gasteiger partial charge on any atom is 0.326 e. The Bertz CT molecular complexity index is 3690. The first-order valence-electron chi connectivity index (χ1n) is 34.5. The van der Waals surface area contributed by atoms with Gasteiger partial charge in [-0.25, -0.2) is 4.79 Å². The topological polar surface area (TPSA) is 704 Å². The molecule has 0 bridgehead atoms. The van der Waals surface area contributed by atoms with Gasteiger partial charge in [-0.3, -0.25) is 82.7 Å². The minimum atomic E-state index is -2.09. The van der Waals surface area contributed by atoms with Crippen LogP contribution in [0.4, 0.5) is 0 Å². The third-order valence-corrected chi connectivity index (χ3v) is 16.4. The summed E-state index contributed by atoms with van der Waals surface area (Å²) in [6.45, 7) is 6.46. The summed E-state index contributed by atoms with van der Waals surface area (Å²) in [7, 11) is 0. The number of carboxylic acids is 3. The smallest absolute Gasteiger partial charge is 0.326 e. The molecule has 1 aromatic heterocycles. The van der Waals surface area contributed by atoms with Gasteiger partial charge in [-0.1, -0.05) is 76.2 Å². The van der Waals surface area contributed by atoms with Crippen molar-refractivity contribution in [3.63, 3.8) is 0 Å². The van der Waals surface area contributed by atoms with Crippen LogP contribution in [0.2, 0.25) is 0 Å². The summed E-state index contributed by atoms with van der Waals surface area (Å²) >= 11 is 0. The second-order valence-electron chi connectivity index (χ2n) is 26.2. The van der Waals surface area contributed by atoms with Crippen molar-refractivity contribution >= 4 is 118 Å². The van der Waals surface area contributed by atoms with Crippen molar-refractivity contribution in [3.8, 4) is 0 Å². The minimum Gasteiger partial charge on any atom is -0.481 e. The Morgan fingerprint density at radius 3 is 1.33 bits per heavy atom. The SMILES string of the molecule is CC(C)C[C@H](NC(=O)[C@H](Cc1c[nH]c2ccccc12)NC(=O)[C@H](CCC(N)=O)NC(=O)[C@@H](NC(=O)[C@H](Cc1ccccc1)NC(=O)[C@H](CC(=O)O)NC(=O)[C@H](CCC(N)=O)NC(=O)[C@H](C)NC(=O)[C@H](CCCNC(=N)N)NC(=O)[C@H](CCCNC(=N)N)NC(=O)[C@H](CO)NC(=O)[C@@H](N)CC(=O)O)C(C)C)C(=O)O. The number of aliphatic carboxylic acids is 3. The number of amides is 13. The highest BCUT2D eigenvalue weighted by molar-refractivity contribution is 6.01. The van der Waals surface area contributed by atoms with Crippen LogP contribution in [0.15, 0.2) is 60.8 Å². The number of guanidine groups is 2. The van der Waals surface area contributed by atoms with Crippen LogP contribution in [0, 0.1) is 22.7 Å². The Balaban J connectivity index is 1.96. The molecule has 3 rings (SSSR count). The molecule has 13 amide bonds. The molecule has 0 radical (unpaired) electrons. The van der Waals surface area contributed by atoms with E-state index in [2.05, 4.69) is 74.1 Å². The van der Waals surface area contributed by atoms with E-state index in [1.807, 2.05) is 0 Å². The van der Waals surface area contributed by atoms with Gasteiger partial charge in [0.15, 0.2) is 11.9 Å². The molecule has 2 aromatic carbocycles. The molecule has 41 heteroatoms. The average Bonchev–Trinajstić information content (AvgIpc) is 1.86. The Hall–Kier alpha value is -12.0. The molecule has 0 saturated heterocycles. The summed E-state index contributed by atoms with van der Waals surface area (Å²) in [6.07, 6.45) is -3.71. The fraction of sp³-hybridized carbons (Fsp3) is 0.522. The number of carbonyl (C=O) groups excluding carboxylic acids is 13. The van der Waals surface area contributed by atoms with Crippen molar-refractivity contribution < 1.29 is 97.1 Å². The molecule has 594 valence electrons. The van der Waals surface area contributed by atoms with Crippen LogP contribution in [0.25, 0.3) is 10.9 Å². The molecule has 1 heterocycles. The van der Waals surface area contributed by atoms with E-state index in [-0.39, 0.29) is 64.0 Å². The number of aromatic nitrogens is 1. The lowest BCUT2D eigenvalue weighted by atomic mass is 9.99. The number of rotatable bonds is 49. The van der Waals surface area contributed by atoms with Crippen LogP contribution in [0.5, 0.6) is 0 Å². The van der Waals surface area contributed by atoms with Gasteiger partial charge in [0.1, 0.15) is 66.5 Å². The predicted molar refractivity (Wildman–Crippen MR) is 386 cm³/mol. The van der Waals surface area contributed by atoms with Crippen molar-refractivity contribution in [2.45, 2.75) is 191 Å². The highest BCUT2D eigenvalue weighted by atomic mass is 16.4. The van der Waals surface area contributed by atoms with Crippen LogP contribution in [-0.2, 0) is 89.6 Å². The zero-order valence-corrected chi connectivity index (χ0v) is 60.4. The molecule has 0 aliphatic heterocycles. The monoisotopic (exact) mass is 1520 g/mol. The Morgan fingerprint density at radius 2 is 0.852 bits per heavy atom. The lowest BCUT2D eigenvalue weighted by molar-refractivity contribution is -0.143. The van der Waals surface area contributed by atoms with E-state index in [1.54, 1.807) is 74.6 Å². The zero-order valence-electron chi connectivity index (χ0n) is 60.4. The van der Waals surface area contributed by atoms with E-state index in [0.29, 0.717) is 22.0 Å². The number of aromatic amines is 1. The lowest BCUT2D eigenvalue weighted by Crippen LogP contribution is -2.61. The molecule has 0 aliphatic rings. The molecule has 30 N–H and O–H groups in total. The average molecular weight is 1520 g/mol. The van der Waals surface area contributed by atoms with Crippen molar-refractivity contribution in [2.75, 3.05) is 19.7 Å². The number of nitrogens with one attached hydrogen (secondary N) is 16. The van der Waals surface area contributed by atoms with Gasteiger partial charge in [-0.05, 0) is 80.9 Å². The molecule has 0 unspecified atom stereocenters. The maximum atomic E-state index is 14.7. The van der Waals surface area contributed by atoms with E-state index in [4.69, 9.17) is 44.6 Å². The number of benzene rings is 2. The van der Waals surface area contributed by atoms with E-state index in [1.165, 1.54) is 13.8 Å². The number of para-hydroxylation sites is 1. The number of aliphatic hydroxyl groups is 1. The van der Waals surface area contributed by atoms with Crippen molar-refractivity contribution in [2.24, 2.45) is 40.5 Å². The van der Waals surface area contributed by atoms with Crippen LogP contribution in [-0.4, -0.2) is 224 Å². The largest absolute Gasteiger partial charge is 0.481 e. The molecule has 0 aliphatic carbocycles. The van der Waals surface area contributed by atoms with Crippen molar-refractivity contribution in [1.29, 1.82) is 10.8 Å². The van der Waals surface area contributed by atoms with E-state index >= 15 is 0 Å². The number of H-pyrrole nitrogens is 1. The first kappa shape index (κ1) is 90.2. The fourth-order valence-electron chi connectivity index (χ4n) is 10.7. The van der Waals surface area contributed by atoms with Gasteiger partial charge in [0, 0.05) is 55.9 Å².